The number of phenols is 1. The third-order valence-electron chi connectivity index (χ3n) is 2.75. The Balaban J connectivity index is 2.85. The van der Waals surface area contributed by atoms with Crippen LogP contribution in [0, 0.1) is 5.92 Å². The van der Waals surface area contributed by atoms with Crippen LogP contribution >= 0.6 is 0 Å². The van der Waals surface area contributed by atoms with Crippen molar-refractivity contribution in [1.82, 2.24) is 4.90 Å². The summed E-state index contributed by atoms with van der Waals surface area (Å²) in [5.41, 5.74) is 0.112. The van der Waals surface area contributed by atoms with Gasteiger partial charge in [-0.05, 0) is 12.1 Å². The second-order valence-corrected chi connectivity index (χ2v) is 4.31. The van der Waals surface area contributed by atoms with Crippen molar-refractivity contribution in [2.24, 2.45) is 5.92 Å². The molecular weight excluding hydrogens is 250 g/mol. The van der Waals surface area contributed by atoms with Crippen LogP contribution in [-0.4, -0.2) is 47.7 Å². The molecule has 0 aliphatic heterocycles. The van der Waals surface area contributed by atoms with E-state index < -0.39 is 17.8 Å². The number of rotatable bonds is 5. The third-order valence-corrected chi connectivity index (χ3v) is 2.75. The predicted octanol–water partition coefficient (Wildman–Crippen LogP) is 1.19. The van der Waals surface area contributed by atoms with Crippen LogP contribution in [-0.2, 0) is 4.79 Å². The van der Waals surface area contributed by atoms with Crippen molar-refractivity contribution in [3.63, 3.8) is 0 Å². The van der Waals surface area contributed by atoms with Gasteiger partial charge in [-0.1, -0.05) is 6.92 Å². The number of ether oxygens (including phenoxy) is 1. The Morgan fingerprint density at radius 3 is 2.53 bits per heavy atom. The summed E-state index contributed by atoms with van der Waals surface area (Å²) in [6, 6.07) is 4.33. The molecule has 1 atom stereocenters. The lowest BCUT2D eigenvalue weighted by Crippen LogP contribution is -2.33. The van der Waals surface area contributed by atoms with Crippen molar-refractivity contribution in [3.8, 4) is 11.5 Å². The molecule has 0 saturated carbocycles. The van der Waals surface area contributed by atoms with E-state index in [2.05, 4.69) is 0 Å². The first-order valence-corrected chi connectivity index (χ1v) is 5.72. The van der Waals surface area contributed by atoms with Crippen LogP contribution in [0.15, 0.2) is 18.2 Å². The standard InChI is InChI=1S/C13H17NO5/c1-8(13(17)18)7-14(2)12(16)10-5-4-9(19-3)6-11(10)15/h4-6,8,15H,7H2,1-3H3,(H,17,18). The first-order chi connectivity index (χ1) is 8.86. The number of methoxy groups -OCH3 is 1. The zero-order valence-corrected chi connectivity index (χ0v) is 11.1. The Bertz CT molecular complexity index is 486. The zero-order valence-electron chi connectivity index (χ0n) is 11.1. The molecule has 0 aromatic heterocycles. The van der Waals surface area contributed by atoms with E-state index in [-0.39, 0.29) is 17.9 Å². The summed E-state index contributed by atoms with van der Waals surface area (Å²) < 4.78 is 4.92. The van der Waals surface area contributed by atoms with Crippen molar-refractivity contribution in [2.45, 2.75) is 6.92 Å². The van der Waals surface area contributed by atoms with E-state index in [1.165, 1.54) is 38.1 Å². The van der Waals surface area contributed by atoms with Crippen LogP contribution in [0.25, 0.3) is 0 Å². The number of aliphatic carboxylic acids is 1. The van der Waals surface area contributed by atoms with E-state index in [0.717, 1.165) is 0 Å². The number of carbonyl (C=O) groups excluding carboxylic acids is 1. The molecule has 104 valence electrons. The fourth-order valence-electron chi connectivity index (χ4n) is 1.60. The molecule has 0 heterocycles. The fourth-order valence-corrected chi connectivity index (χ4v) is 1.60. The number of hydrogen-bond donors (Lipinski definition) is 2. The molecule has 19 heavy (non-hydrogen) atoms. The van der Waals surface area contributed by atoms with E-state index in [1.54, 1.807) is 6.07 Å². The largest absolute Gasteiger partial charge is 0.507 e. The highest BCUT2D eigenvalue weighted by Gasteiger charge is 2.20. The number of hydrogen-bond acceptors (Lipinski definition) is 4. The lowest BCUT2D eigenvalue weighted by atomic mass is 10.1. The Morgan fingerprint density at radius 2 is 2.05 bits per heavy atom. The molecule has 0 radical (unpaired) electrons. The quantitative estimate of drug-likeness (QED) is 0.836. The van der Waals surface area contributed by atoms with Gasteiger partial charge in [-0.25, -0.2) is 0 Å². The minimum atomic E-state index is -0.974. The van der Waals surface area contributed by atoms with Gasteiger partial charge >= 0.3 is 5.97 Å². The van der Waals surface area contributed by atoms with Gasteiger partial charge in [0.15, 0.2) is 0 Å². The maximum absolute atomic E-state index is 12.1. The zero-order chi connectivity index (χ0) is 14.6. The predicted molar refractivity (Wildman–Crippen MR) is 68.4 cm³/mol. The van der Waals surface area contributed by atoms with Gasteiger partial charge in [0.05, 0.1) is 18.6 Å². The van der Waals surface area contributed by atoms with Gasteiger partial charge in [-0.2, -0.15) is 0 Å². The number of benzene rings is 1. The summed E-state index contributed by atoms with van der Waals surface area (Å²) in [6.07, 6.45) is 0. The molecule has 2 N–H and O–H groups in total. The number of carboxylic acid groups (broad SMARTS) is 1. The summed E-state index contributed by atoms with van der Waals surface area (Å²) in [6.45, 7) is 1.58. The van der Waals surface area contributed by atoms with Crippen molar-refractivity contribution in [3.05, 3.63) is 23.8 Å². The SMILES string of the molecule is COc1ccc(C(=O)N(C)CC(C)C(=O)O)c(O)c1. The van der Waals surface area contributed by atoms with Crippen LogP contribution in [0.3, 0.4) is 0 Å². The van der Waals surface area contributed by atoms with Gasteiger partial charge in [0.25, 0.3) is 5.91 Å². The molecule has 6 heteroatoms. The first kappa shape index (κ1) is 14.8. The summed E-state index contributed by atoms with van der Waals surface area (Å²) >= 11 is 0. The maximum atomic E-state index is 12.1. The van der Waals surface area contributed by atoms with Crippen LogP contribution in [0.1, 0.15) is 17.3 Å². The summed E-state index contributed by atoms with van der Waals surface area (Å²) in [4.78, 5) is 24.1. The monoisotopic (exact) mass is 267 g/mol. The van der Waals surface area contributed by atoms with E-state index >= 15 is 0 Å². The number of phenolic OH excluding ortho intramolecular Hbond substituents is 1. The normalized spacial score (nSPS) is 11.7. The molecule has 1 aromatic carbocycles. The van der Waals surface area contributed by atoms with Crippen molar-refractivity contribution in [1.29, 1.82) is 0 Å². The molecule has 0 bridgehead atoms. The molecule has 0 spiro atoms. The highest BCUT2D eigenvalue weighted by atomic mass is 16.5. The Labute approximate surface area is 111 Å². The Kier molecular flexibility index (Phi) is 4.74. The topological polar surface area (TPSA) is 87.1 Å². The molecule has 1 amide bonds. The Morgan fingerprint density at radius 1 is 1.42 bits per heavy atom. The van der Waals surface area contributed by atoms with Gasteiger partial charge in [0, 0.05) is 19.7 Å². The molecule has 1 aromatic rings. The second kappa shape index (κ2) is 6.08. The average molecular weight is 267 g/mol. The van der Waals surface area contributed by atoms with Crippen molar-refractivity contribution in [2.75, 3.05) is 20.7 Å². The summed E-state index contributed by atoms with van der Waals surface area (Å²) in [7, 11) is 2.95. The van der Waals surface area contributed by atoms with Crippen LogP contribution in [0.4, 0.5) is 0 Å². The van der Waals surface area contributed by atoms with Gasteiger partial charge in [-0.3, -0.25) is 9.59 Å². The van der Waals surface area contributed by atoms with E-state index in [1.807, 2.05) is 0 Å². The average Bonchev–Trinajstić information content (AvgIpc) is 2.37. The van der Waals surface area contributed by atoms with Gasteiger partial charge in [-0.15, -0.1) is 0 Å². The molecule has 0 aliphatic carbocycles. The number of aromatic hydroxyl groups is 1. The number of carboxylic acids is 1. The summed E-state index contributed by atoms with van der Waals surface area (Å²) in [5.74, 6) is -1.84. The van der Waals surface area contributed by atoms with Crippen LogP contribution in [0.2, 0.25) is 0 Å². The number of nitrogens with zero attached hydrogens (tertiary/aromatic N) is 1. The lowest BCUT2D eigenvalue weighted by molar-refractivity contribution is -0.141. The molecule has 0 fully saturated rings. The van der Waals surface area contributed by atoms with Gasteiger partial charge in [0.1, 0.15) is 11.5 Å². The molecular formula is C13H17NO5. The highest BCUT2D eigenvalue weighted by molar-refractivity contribution is 5.97. The van der Waals surface area contributed by atoms with E-state index in [0.29, 0.717) is 5.75 Å². The maximum Gasteiger partial charge on any atom is 0.308 e. The first-order valence-electron chi connectivity index (χ1n) is 5.72. The molecule has 0 aliphatic rings. The Hall–Kier alpha value is -2.24. The van der Waals surface area contributed by atoms with E-state index in [9.17, 15) is 14.7 Å². The smallest absolute Gasteiger partial charge is 0.308 e. The molecule has 6 nitrogen and oxygen atoms in total. The van der Waals surface area contributed by atoms with Crippen LogP contribution < -0.4 is 4.74 Å². The molecule has 0 saturated heterocycles. The third kappa shape index (κ3) is 3.61. The molecule has 1 rings (SSSR count). The minimum absolute atomic E-state index is 0.0691. The second-order valence-electron chi connectivity index (χ2n) is 4.31. The number of amides is 1. The summed E-state index contributed by atoms with van der Waals surface area (Å²) in [5, 5.41) is 18.5. The molecule has 1 unspecified atom stereocenters. The van der Waals surface area contributed by atoms with Crippen molar-refractivity contribution >= 4 is 11.9 Å². The lowest BCUT2D eigenvalue weighted by Gasteiger charge is -2.20. The van der Waals surface area contributed by atoms with E-state index in [4.69, 9.17) is 9.84 Å². The fraction of sp³-hybridized carbons (Fsp3) is 0.385. The van der Waals surface area contributed by atoms with Crippen molar-refractivity contribution < 1.29 is 24.5 Å². The minimum Gasteiger partial charge on any atom is -0.507 e. The van der Waals surface area contributed by atoms with Crippen LogP contribution in [0.5, 0.6) is 11.5 Å². The van der Waals surface area contributed by atoms with Gasteiger partial charge < -0.3 is 19.8 Å². The number of carbonyl (C=O) groups is 2. The highest BCUT2D eigenvalue weighted by Crippen LogP contribution is 2.24. The van der Waals surface area contributed by atoms with Gasteiger partial charge in [0.2, 0.25) is 0 Å².